The highest BCUT2D eigenvalue weighted by atomic mass is 13.9. The molecule has 1 radical (unpaired) electrons. The van der Waals surface area contributed by atoms with Gasteiger partial charge >= 0.3 is 0 Å². The van der Waals surface area contributed by atoms with Crippen molar-refractivity contribution in [3.8, 4) is 0 Å². The molecule has 0 nitrogen and oxygen atoms in total. The Morgan fingerprint density at radius 3 is 1.67 bits per heavy atom. The summed E-state index contributed by atoms with van der Waals surface area (Å²) in [6.07, 6.45) is 27.0. The van der Waals surface area contributed by atoms with Gasteiger partial charge in [-0.15, -0.1) is 0 Å². The molecule has 0 saturated carbocycles. The quantitative estimate of drug-likeness (QED) is 0.301. The molecule has 0 bridgehead atoms. The molecule has 0 aromatic carbocycles. The summed E-state index contributed by atoms with van der Waals surface area (Å²) in [6.45, 7) is 6.00. The largest absolute Gasteiger partial charge is 0.0882 e. The van der Waals surface area contributed by atoms with Crippen LogP contribution in [0.1, 0.15) is 58.3 Å². The third-order valence-electron chi connectivity index (χ3n) is 2.62. The van der Waals surface area contributed by atoms with E-state index in [2.05, 4.69) is 62.5 Å². The molecule has 0 aromatic rings. The minimum Gasteiger partial charge on any atom is -0.0882 e. The molecule has 18 heavy (non-hydrogen) atoms. The van der Waals surface area contributed by atoms with Crippen LogP contribution in [0.2, 0.25) is 0 Å². The Bertz CT molecular complexity index is 253. The van der Waals surface area contributed by atoms with Crippen LogP contribution in [-0.2, 0) is 0 Å². The summed E-state index contributed by atoms with van der Waals surface area (Å²) in [5, 5.41) is 0. The maximum atomic E-state index is 3.76. The molecule has 0 N–H and O–H groups in total. The van der Waals surface area contributed by atoms with E-state index in [1.807, 2.05) is 0 Å². The fourth-order valence-corrected chi connectivity index (χ4v) is 1.56. The lowest BCUT2D eigenvalue weighted by atomic mass is 10.2. The summed E-state index contributed by atoms with van der Waals surface area (Å²) >= 11 is 0. The third kappa shape index (κ3) is 15.0. The van der Waals surface area contributed by atoms with Crippen molar-refractivity contribution >= 4 is 0 Å². The molecular formula is C18H29. The first-order valence-corrected chi connectivity index (χ1v) is 7.31. The van der Waals surface area contributed by atoms with Crippen molar-refractivity contribution in [2.45, 2.75) is 58.3 Å². The summed E-state index contributed by atoms with van der Waals surface area (Å²) in [4.78, 5) is 0. The van der Waals surface area contributed by atoms with Crippen molar-refractivity contribution < 1.29 is 0 Å². The zero-order valence-electron chi connectivity index (χ0n) is 12.0. The smallest absolute Gasteiger partial charge is 0.0169 e. The molecule has 0 spiro atoms. The van der Waals surface area contributed by atoms with Gasteiger partial charge in [0.2, 0.25) is 0 Å². The van der Waals surface area contributed by atoms with E-state index >= 15 is 0 Å². The predicted molar refractivity (Wildman–Crippen MR) is 84.5 cm³/mol. The molecule has 0 heteroatoms. The van der Waals surface area contributed by atoms with Crippen LogP contribution >= 0.6 is 0 Å². The maximum absolute atomic E-state index is 3.76. The maximum Gasteiger partial charge on any atom is -0.0169 e. The standard InChI is InChI=1S/C18H29/c1-3-5-7-9-11-13-15-17-18-16-14-12-10-8-6-4-2/h5,7,11-14,17-18H,1,3-4,6,8-10,15-16H2,2H3/b7-5-,13-11-,14-12-,18-17-. The van der Waals surface area contributed by atoms with Crippen LogP contribution in [-0.4, -0.2) is 0 Å². The average Bonchev–Trinajstić information content (AvgIpc) is 2.39. The van der Waals surface area contributed by atoms with E-state index in [1.54, 1.807) is 0 Å². The molecule has 0 heterocycles. The highest BCUT2D eigenvalue weighted by Crippen LogP contribution is 2.00. The fraction of sp³-hybridized carbons (Fsp3) is 0.500. The van der Waals surface area contributed by atoms with Crippen molar-refractivity contribution in [2.75, 3.05) is 0 Å². The molecule has 0 amide bonds. The van der Waals surface area contributed by atoms with Gasteiger partial charge in [0.15, 0.2) is 0 Å². The normalized spacial score (nSPS) is 12.8. The van der Waals surface area contributed by atoms with Crippen LogP contribution in [0.15, 0.2) is 48.6 Å². The summed E-state index contributed by atoms with van der Waals surface area (Å²) in [5.41, 5.74) is 0. The lowest BCUT2D eigenvalue weighted by Gasteiger charge is -1.90. The second-order valence-electron chi connectivity index (χ2n) is 4.38. The van der Waals surface area contributed by atoms with Crippen LogP contribution in [0.4, 0.5) is 0 Å². The minimum atomic E-state index is 0.887. The van der Waals surface area contributed by atoms with Gasteiger partial charge in [0.05, 0.1) is 0 Å². The molecule has 0 unspecified atom stereocenters. The number of rotatable bonds is 11. The van der Waals surface area contributed by atoms with Gasteiger partial charge in [-0.3, -0.25) is 0 Å². The topological polar surface area (TPSA) is 0 Å². The van der Waals surface area contributed by atoms with Gasteiger partial charge in [0, 0.05) is 0 Å². The van der Waals surface area contributed by atoms with Crippen LogP contribution in [0.5, 0.6) is 0 Å². The Morgan fingerprint density at radius 1 is 0.667 bits per heavy atom. The average molecular weight is 245 g/mol. The first-order chi connectivity index (χ1) is 8.91. The van der Waals surface area contributed by atoms with E-state index in [1.165, 1.54) is 25.7 Å². The Hall–Kier alpha value is -1.04. The number of allylic oxidation sites excluding steroid dienone is 8. The fourth-order valence-electron chi connectivity index (χ4n) is 1.56. The highest BCUT2D eigenvalue weighted by Gasteiger charge is 1.80. The Kier molecular flexibility index (Phi) is 15.0. The van der Waals surface area contributed by atoms with Gasteiger partial charge < -0.3 is 0 Å². The zero-order chi connectivity index (χ0) is 13.3. The van der Waals surface area contributed by atoms with Crippen LogP contribution in [0.25, 0.3) is 0 Å². The van der Waals surface area contributed by atoms with Gasteiger partial charge in [-0.25, -0.2) is 0 Å². The lowest BCUT2D eigenvalue weighted by molar-refractivity contribution is 0.728. The van der Waals surface area contributed by atoms with Crippen molar-refractivity contribution in [1.82, 2.24) is 0 Å². The minimum absolute atomic E-state index is 0.887. The summed E-state index contributed by atoms with van der Waals surface area (Å²) in [6, 6.07) is 0. The van der Waals surface area contributed by atoms with Gasteiger partial charge in [0.25, 0.3) is 0 Å². The second kappa shape index (κ2) is 16.0. The number of hydrogen-bond acceptors (Lipinski definition) is 0. The predicted octanol–water partition coefficient (Wildman–Crippen LogP) is 6.19. The van der Waals surface area contributed by atoms with Crippen molar-refractivity contribution in [3.05, 3.63) is 55.5 Å². The van der Waals surface area contributed by atoms with E-state index in [9.17, 15) is 0 Å². The number of hydrogen-bond donors (Lipinski definition) is 0. The molecule has 0 rings (SSSR count). The molecule has 0 fully saturated rings. The Morgan fingerprint density at radius 2 is 1.17 bits per heavy atom. The molecule has 0 aliphatic heterocycles. The Labute approximate surface area is 114 Å². The highest BCUT2D eigenvalue weighted by molar-refractivity contribution is 4.99. The second-order valence-corrected chi connectivity index (χ2v) is 4.38. The molecule has 0 aromatic heterocycles. The van der Waals surface area contributed by atoms with Crippen molar-refractivity contribution in [1.29, 1.82) is 0 Å². The molecule has 0 atom stereocenters. The summed E-state index contributed by atoms with van der Waals surface area (Å²) in [5.74, 6) is 0. The third-order valence-corrected chi connectivity index (χ3v) is 2.62. The van der Waals surface area contributed by atoms with E-state index < -0.39 is 0 Å². The van der Waals surface area contributed by atoms with E-state index in [0.717, 1.165) is 25.7 Å². The van der Waals surface area contributed by atoms with Crippen LogP contribution in [0.3, 0.4) is 0 Å². The summed E-state index contributed by atoms with van der Waals surface area (Å²) < 4.78 is 0. The monoisotopic (exact) mass is 245 g/mol. The van der Waals surface area contributed by atoms with Crippen molar-refractivity contribution in [3.63, 3.8) is 0 Å². The molecule has 0 aliphatic rings. The van der Waals surface area contributed by atoms with Gasteiger partial charge in [-0.1, -0.05) is 68.4 Å². The number of unbranched alkanes of at least 4 members (excludes halogenated alkanes) is 3. The van der Waals surface area contributed by atoms with E-state index in [0.29, 0.717) is 0 Å². The molecule has 0 aliphatic carbocycles. The first-order valence-electron chi connectivity index (χ1n) is 7.31. The van der Waals surface area contributed by atoms with Gasteiger partial charge in [-0.05, 0) is 45.4 Å². The van der Waals surface area contributed by atoms with Gasteiger partial charge in [-0.2, -0.15) is 0 Å². The molecule has 101 valence electrons. The first kappa shape index (κ1) is 17.0. The zero-order valence-corrected chi connectivity index (χ0v) is 12.0. The Balaban J connectivity index is 3.34. The van der Waals surface area contributed by atoms with Crippen LogP contribution in [0, 0.1) is 6.92 Å². The van der Waals surface area contributed by atoms with Crippen molar-refractivity contribution in [2.24, 2.45) is 0 Å². The SMILES string of the molecule is [CH2]C/C=C\C/C=C\C/C=C\C/C=C\CCCCC. The van der Waals surface area contributed by atoms with Crippen LogP contribution < -0.4 is 0 Å². The lowest BCUT2D eigenvalue weighted by Crippen LogP contribution is -1.70. The molecule has 0 saturated heterocycles. The summed E-state index contributed by atoms with van der Waals surface area (Å²) in [7, 11) is 0. The van der Waals surface area contributed by atoms with E-state index in [4.69, 9.17) is 0 Å². The van der Waals surface area contributed by atoms with Gasteiger partial charge in [0.1, 0.15) is 0 Å². The van der Waals surface area contributed by atoms with E-state index in [-0.39, 0.29) is 0 Å². The molecular weight excluding hydrogens is 216 g/mol.